The number of hydrogen-bond acceptors (Lipinski definition) is 6. The molecule has 0 aliphatic rings. The number of esters is 1. The molecule has 1 heterocycles. The molecule has 0 aliphatic carbocycles. The highest BCUT2D eigenvalue weighted by atomic mass is 32.2. The van der Waals surface area contributed by atoms with E-state index in [-0.39, 0.29) is 24.2 Å². The van der Waals surface area contributed by atoms with E-state index in [9.17, 15) is 14.4 Å². The monoisotopic (exact) mass is 496 g/mol. The first-order valence-corrected chi connectivity index (χ1v) is 13.0. The third kappa shape index (κ3) is 6.95. The van der Waals surface area contributed by atoms with E-state index in [1.54, 1.807) is 6.92 Å². The van der Waals surface area contributed by atoms with Crippen molar-refractivity contribution in [2.75, 3.05) is 23.0 Å². The van der Waals surface area contributed by atoms with Gasteiger partial charge in [0.2, 0.25) is 11.8 Å². The van der Waals surface area contributed by atoms with Crippen LogP contribution in [-0.4, -0.2) is 30.1 Å². The van der Waals surface area contributed by atoms with Gasteiger partial charge in [-0.05, 0) is 44.0 Å². The SMILES string of the molecule is CCCC(=O)Nc1cccc(SCC(=O)Nc2scc(-c3ccc(C)cc3)c2C(=O)OCC)c1. The smallest absolute Gasteiger partial charge is 0.341 e. The van der Waals surface area contributed by atoms with Gasteiger partial charge in [-0.2, -0.15) is 0 Å². The minimum atomic E-state index is -0.460. The second-order valence-electron chi connectivity index (χ2n) is 7.60. The van der Waals surface area contributed by atoms with Gasteiger partial charge < -0.3 is 15.4 Å². The molecule has 0 fully saturated rings. The maximum absolute atomic E-state index is 12.7. The molecule has 6 nitrogen and oxygen atoms in total. The third-order valence-electron chi connectivity index (χ3n) is 4.85. The van der Waals surface area contributed by atoms with Crippen molar-refractivity contribution < 1.29 is 19.1 Å². The van der Waals surface area contributed by atoms with E-state index in [2.05, 4.69) is 10.6 Å². The molecule has 8 heteroatoms. The average molecular weight is 497 g/mol. The lowest BCUT2D eigenvalue weighted by Gasteiger charge is -2.10. The fraction of sp³-hybridized carbons (Fsp3) is 0.269. The van der Waals surface area contributed by atoms with E-state index < -0.39 is 5.97 Å². The predicted octanol–water partition coefficient (Wildman–Crippen LogP) is 6.37. The number of aryl methyl sites for hydroxylation is 1. The summed E-state index contributed by atoms with van der Waals surface area (Å²) in [4.78, 5) is 38.1. The number of thiophene rings is 1. The van der Waals surface area contributed by atoms with Gasteiger partial charge in [-0.25, -0.2) is 4.79 Å². The molecule has 34 heavy (non-hydrogen) atoms. The second kappa shape index (κ2) is 12.4. The maximum atomic E-state index is 12.7. The van der Waals surface area contributed by atoms with E-state index in [0.717, 1.165) is 28.0 Å². The first-order chi connectivity index (χ1) is 16.4. The van der Waals surface area contributed by atoms with Gasteiger partial charge in [0.15, 0.2) is 0 Å². The first kappa shape index (κ1) is 25.5. The Morgan fingerprint density at radius 2 is 1.76 bits per heavy atom. The number of nitrogens with one attached hydrogen (secondary N) is 2. The van der Waals surface area contributed by atoms with Crippen molar-refractivity contribution in [3.8, 4) is 11.1 Å². The van der Waals surface area contributed by atoms with Gasteiger partial charge in [-0.1, -0.05) is 42.8 Å². The Kier molecular flexibility index (Phi) is 9.30. The topological polar surface area (TPSA) is 84.5 Å². The highest BCUT2D eigenvalue weighted by molar-refractivity contribution is 8.00. The minimum absolute atomic E-state index is 0.0315. The van der Waals surface area contributed by atoms with E-state index in [0.29, 0.717) is 22.7 Å². The van der Waals surface area contributed by atoms with Crippen molar-refractivity contribution in [1.29, 1.82) is 0 Å². The van der Waals surface area contributed by atoms with Crippen LogP contribution in [0.2, 0.25) is 0 Å². The fourth-order valence-corrected chi connectivity index (χ4v) is 4.96. The number of amides is 2. The van der Waals surface area contributed by atoms with Gasteiger partial charge in [0.1, 0.15) is 10.6 Å². The highest BCUT2D eigenvalue weighted by Crippen LogP contribution is 2.36. The van der Waals surface area contributed by atoms with Gasteiger partial charge in [0.25, 0.3) is 0 Å². The van der Waals surface area contributed by atoms with Crippen molar-refractivity contribution in [2.24, 2.45) is 0 Å². The van der Waals surface area contributed by atoms with E-state index in [4.69, 9.17) is 4.74 Å². The summed E-state index contributed by atoms with van der Waals surface area (Å²) in [6.45, 7) is 5.96. The molecule has 3 aromatic rings. The molecular weight excluding hydrogens is 468 g/mol. The van der Waals surface area contributed by atoms with Gasteiger partial charge >= 0.3 is 5.97 Å². The summed E-state index contributed by atoms with van der Waals surface area (Å²) in [7, 11) is 0. The molecule has 0 radical (unpaired) electrons. The Morgan fingerprint density at radius 1 is 1.00 bits per heavy atom. The molecule has 0 saturated carbocycles. The molecule has 178 valence electrons. The van der Waals surface area contributed by atoms with Crippen molar-refractivity contribution in [2.45, 2.75) is 38.5 Å². The molecule has 0 aliphatic heterocycles. The van der Waals surface area contributed by atoms with Crippen LogP contribution in [0.15, 0.2) is 58.8 Å². The summed E-state index contributed by atoms with van der Waals surface area (Å²) in [6, 6.07) is 15.3. The van der Waals surface area contributed by atoms with E-state index in [1.165, 1.54) is 23.1 Å². The number of carbonyl (C=O) groups is 3. The lowest BCUT2D eigenvalue weighted by Crippen LogP contribution is -2.16. The van der Waals surface area contributed by atoms with Gasteiger partial charge in [0.05, 0.1) is 12.4 Å². The Hall–Kier alpha value is -3.10. The Balaban J connectivity index is 1.70. The molecule has 2 aromatic carbocycles. The summed E-state index contributed by atoms with van der Waals surface area (Å²) in [5.41, 5.74) is 3.82. The Morgan fingerprint density at radius 3 is 2.47 bits per heavy atom. The van der Waals surface area contributed by atoms with Gasteiger partial charge in [-0.3, -0.25) is 9.59 Å². The fourth-order valence-electron chi connectivity index (χ4n) is 3.23. The van der Waals surface area contributed by atoms with Crippen molar-refractivity contribution in [3.05, 3.63) is 65.0 Å². The van der Waals surface area contributed by atoms with E-state index in [1.807, 2.05) is 67.8 Å². The molecular formula is C26H28N2O4S2. The number of ether oxygens (including phenoxy) is 1. The number of thioether (sulfide) groups is 1. The molecule has 0 bridgehead atoms. The lowest BCUT2D eigenvalue weighted by molar-refractivity contribution is -0.116. The van der Waals surface area contributed by atoms with Crippen LogP contribution >= 0.6 is 23.1 Å². The Bertz CT molecular complexity index is 1160. The first-order valence-electron chi connectivity index (χ1n) is 11.1. The van der Waals surface area contributed by atoms with Crippen LogP contribution in [0.1, 0.15) is 42.6 Å². The summed E-state index contributed by atoms with van der Waals surface area (Å²) in [5, 5.41) is 8.07. The average Bonchev–Trinajstić information content (AvgIpc) is 3.22. The zero-order valence-electron chi connectivity index (χ0n) is 19.5. The van der Waals surface area contributed by atoms with Crippen LogP contribution in [0.25, 0.3) is 11.1 Å². The number of anilines is 2. The number of hydrogen-bond donors (Lipinski definition) is 2. The summed E-state index contributed by atoms with van der Waals surface area (Å²) in [5.74, 6) is -0.561. The van der Waals surface area contributed by atoms with Crippen molar-refractivity contribution in [3.63, 3.8) is 0 Å². The van der Waals surface area contributed by atoms with Gasteiger partial charge in [-0.15, -0.1) is 23.1 Å². The lowest BCUT2D eigenvalue weighted by atomic mass is 10.0. The number of rotatable bonds is 10. The van der Waals surface area contributed by atoms with Crippen LogP contribution < -0.4 is 10.6 Å². The molecule has 0 saturated heterocycles. The summed E-state index contributed by atoms with van der Waals surface area (Å²) >= 11 is 2.66. The zero-order chi connectivity index (χ0) is 24.5. The molecule has 0 atom stereocenters. The predicted molar refractivity (Wildman–Crippen MR) is 140 cm³/mol. The molecule has 2 N–H and O–H groups in total. The largest absolute Gasteiger partial charge is 0.462 e. The third-order valence-corrected chi connectivity index (χ3v) is 6.74. The van der Waals surface area contributed by atoms with Crippen LogP contribution in [0.5, 0.6) is 0 Å². The van der Waals surface area contributed by atoms with Crippen molar-refractivity contribution >= 4 is 51.6 Å². The van der Waals surface area contributed by atoms with Crippen molar-refractivity contribution in [1.82, 2.24) is 0 Å². The van der Waals surface area contributed by atoms with E-state index >= 15 is 0 Å². The molecule has 3 rings (SSSR count). The molecule has 0 unspecified atom stereocenters. The maximum Gasteiger partial charge on any atom is 0.341 e. The standard InChI is InChI=1S/C26H28N2O4S2/c1-4-7-22(29)27-19-8-6-9-20(14-19)33-16-23(30)28-25-24(26(31)32-5-2)21(15-34-25)18-12-10-17(3)11-13-18/h6,8-15H,4-5,7,16H2,1-3H3,(H,27,29)(H,28,30). The molecule has 1 aromatic heterocycles. The second-order valence-corrected chi connectivity index (χ2v) is 9.53. The highest BCUT2D eigenvalue weighted by Gasteiger charge is 2.22. The van der Waals surface area contributed by atoms with Crippen LogP contribution in [-0.2, 0) is 14.3 Å². The molecule has 2 amide bonds. The number of carbonyl (C=O) groups excluding carboxylic acids is 3. The number of benzene rings is 2. The minimum Gasteiger partial charge on any atom is -0.462 e. The normalized spacial score (nSPS) is 10.6. The molecule has 0 spiro atoms. The van der Waals surface area contributed by atoms with Crippen LogP contribution in [0.3, 0.4) is 0 Å². The van der Waals surface area contributed by atoms with Crippen LogP contribution in [0.4, 0.5) is 10.7 Å². The van der Waals surface area contributed by atoms with Crippen LogP contribution in [0, 0.1) is 6.92 Å². The Labute approximate surface area is 208 Å². The summed E-state index contributed by atoms with van der Waals surface area (Å²) in [6.07, 6.45) is 1.25. The van der Waals surface area contributed by atoms with Gasteiger partial charge in [0, 0.05) is 27.9 Å². The zero-order valence-corrected chi connectivity index (χ0v) is 21.1. The quantitative estimate of drug-likeness (QED) is 0.252. The summed E-state index contributed by atoms with van der Waals surface area (Å²) < 4.78 is 5.26.